The second kappa shape index (κ2) is 9.88. The van der Waals surface area contributed by atoms with Crippen LogP contribution in [0.4, 0.5) is 15.8 Å². The zero-order valence-electron chi connectivity index (χ0n) is 14.5. The molecule has 0 spiro atoms. The molecule has 0 heterocycles. The minimum absolute atomic E-state index is 0.0255. The summed E-state index contributed by atoms with van der Waals surface area (Å²) in [5.74, 6) is -1.35. The number of carbonyl (C=O) groups is 1. The van der Waals surface area contributed by atoms with Crippen LogP contribution < -0.4 is 10.8 Å². The van der Waals surface area contributed by atoms with Crippen molar-refractivity contribution in [2.24, 2.45) is 5.92 Å². The number of nitrogens with one attached hydrogen (secondary N) is 2. The van der Waals surface area contributed by atoms with Gasteiger partial charge in [-0.25, -0.2) is 9.87 Å². The Balaban J connectivity index is 2.22. The average molecular weight is 527 g/mol. The number of aliphatic hydroxyl groups excluding tert-OH is 1. The summed E-state index contributed by atoms with van der Waals surface area (Å²) in [7, 11) is 0. The molecule has 5 nitrogen and oxygen atoms in total. The number of hydrogen-bond donors (Lipinski definition) is 3. The molecule has 3 N–H and O–H groups in total. The molecule has 0 aliphatic carbocycles. The van der Waals surface area contributed by atoms with Crippen molar-refractivity contribution < 1.29 is 19.1 Å². The van der Waals surface area contributed by atoms with Crippen LogP contribution in [0.1, 0.15) is 24.2 Å². The molecule has 27 heavy (non-hydrogen) atoms. The minimum Gasteiger partial charge on any atom is -0.390 e. The highest BCUT2D eigenvalue weighted by Gasteiger charge is 2.18. The first kappa shape index (κ1) is 22.2. The summed E-state index contributed by atoms with van der Waals surface area (Å²) in [6.07, 6.45) is -0.731. The zero-order valence-corrected chi connectivity index (χ0v) is 18.2. The topological polar surface area (TPSA) is 70.6 Å². The predicted molar refractivity (Wildman–Crippen MR) is 113 cm³/mol. The third kappa shape index (κ3) is 6.18. The van der Waals surface area contributed by atoms with Crippen LogP contribution in [0.3, 0.4) is 0 Å². The summed E-state index contributed by atoms with van der Waals surface area (Å²) < 4.78 is 14.9. The van der Waals surface area contributed by atoms with E-state index >= 15 is 0 Å². The lowest BCUT2D eigenvalue weighted by molar-refractivity contribution is -0.0267. The van der Waals surface area contributed by atoms with Crippen LogP contribution in [-0.2, 0) is 4.84 Å². The van der Waals surface area contributed by atoms with Gasteiger partial charge in [0.1, 0.15) is 12.4 Å². The van der Waals surface area contributed by atoms with Crippen molar-refractivity contribution in [1.82, 2.24) is 5.48 Å². The van der Waals surface area contributed by atoms with Crippen molar-refractivity contribution in [3.63, 3.8) is 0 Å². The number of halogens is 4. The van der Waals surface area contributed by atoms with Gasteiger partial charge in [0.2, 0.25) is 0 Å². The maximum atomic E-state index is 13.9. The molecule has 0 fully saturated rings. The summed E-state index contributed by atoms with van der Waals surface area (Å²) in [6.45, 7) is 3.56. The highest BCUT2D eigenvalue weighted by Crippen LogP contribution is 2.31. The van der Waals surface area contributed by atoms with Gasteiger partial charge in [0.05, 0.1) is 33.1 Å². The van der Waals surface area contributed by atoms with E-state index in [4.69, 9.17) is 28.0 Å². The van der Waals surface area contributed by atoms with Crippen molar-refractivity contribution in [3.05, 3.63) is 55.3 Å². The second-order valence-corrected chi connectivity index (χ2v) is 8.17. The average Bonchev–Trinajstić information content (AvgIpc) is 2.59. The standard InChI is InChI=1S/C18H18Cl2FIN2O3/c1-9(2)17(25)8-27-24-18(26)11-6-12(19)14(21)7-16(11)23-15-4-3-10(22)5-13(15)20/h3-7,9,17,23,25H,8H2,1-2H3,(H,24,26). The fourth-order valence-electron chi connectivity index (χ4n) is 2.01. The number of hydrogen-bond acceptors (Lipinski definition) is 4. The maximum Gasteiger partial charge on any atom is 0.277 e. The lowest BCUT2D eigenvalue weighted by atomic mass is 10.1. The summed E-state index contributed by atoms with van der Waals surface area (Å²) in [4.78, 5) is 17.5. The van der Waals surface area contributed by atoms with E-state index in [2.05, 4.69) is 33.4 Å². The number of carbonyl (C=O) groups excluding carboxylic acids is 1. The molecule has 0 aliphatic rings. The van der Waals surface area contributed by atoms with Crippen molar-refractivity contribution in [1.29, 1.82) is 0 Å². The SMILES string of the molecule is CC(C)C(O)CONC(=O)c1cc(Cl)c(F)cc1Nc1ccc(I)cc1Cl. The Hall–Kier alpha value is -1.13. The first-order chi connectivity index (χ1) is 12.7. The van der Waals surface area contributed by atoms with Gasteiger partial charge in [-0.3, -0.25) is 9.63 Å². The van der Waals surface area contributed by atoms with Crippen molar-refractivity contribution in [2.45, 2.75) is 20.0 Å². The summed E-state index contributed by atoms with van der Waals surface area (Å²) in [6, 6.07) is 7.56. The second-order valence-electron chi connectivity index (χ2n) is 6.11. The van der Waals surface area contributed by atoms with Crippen LogP contribution in [-0.4, -0.2) is 23.7 Å². The monoisotopic (exact) mass is 526 g/mol. The van der Waals surface area contributed by atoms with E-state index in [1.165, 1.54) is 6.07 Å². The van der Waals surface area contributed by atoms with Crippen LogP contribution in [0, 0.1) is 15.3 Å². The van der Waals surface area contributed by atoms with E-state index in [9.17, 15) is 14.3 Å². The first-order valence-electron chi connectivity index (χ1n) is 8.00. The van der Waals surface area contributed by atoms with Gasteiger partial charge in [-0.05, 0) is 58.8 Å². The van der Waals surface area contributed by atoms with Gasteiger partial charge in [0, 0.05) is 3.57 Å². The molecule has 0 radical (unpaired) electrons. The molecule has 1 unspecified atom stereocenters. The van der Waals surface area contributed by atoms with E-state index in [1.54, 1.807) is 12.1 Å². The minimum atomic E-state index is -0.731. The molecule has 0 saturated heterocycles. The normalized spacial score (nSPS) is 12.1. The Kier molecular flexibility index (Phi) is 8.11. The molecule has 1 amide bonds. The van der Waals surface area contributed by atoms with E-state index in [-0.39, 0.29) is 28.8 Å². The first-order valence-corrected chi connectivity index (χ1v) is 9.83. The van der Waals surface area contributed by atoms with Crippen LogP contribution in [0.25, 0.3) is 0 Å². The Bertz CT molecular complexity index is 836. The van der Waals surface area contributed by atoms with Gasteiger partial charge in [0.25, 0.3) is 5.91 Å². The number of hydroxylamine groups is 1. The molecule has 0 aliphatic heterocycles. The molecule has 2 aromatic carbocycles. The summed E-state index contributed by atoms with van der Waals surface area (Å²) >= 11 is 14.1. The van der Waals surface area contributed by atoms with Gasteiger partial charge >= 0.3 is 0 Å². The molecule has 1 atom stereocenters. The molecule has 0 aromatic heterocycles. The van der Waals surface area contributed by atoms with Crippen molar-refractivity contribution in [3.8, 4) is 0 Å². The number of amides is 1. The van der Waals surface area contributed by atoms with Crippen LogP contribution in [0.5, 0.6) is 0 Å². The van der Waals surface area contributed by atoms with E-state index in [1.807, 2.05) is 19.9 Å². The third-order valence-corrected chi connectivity index (χ3v) is 4.97. The van der Waals surface area contributed by atoms with E-state index in [0.29, 0.717) is 10.7 Å². The number of aliphatic hydroxyl groups is 1. The van der Waals surface area contributed by atoms with E-state index in [0.717, 1.165) is 9.64 Å². The Morgan fingerprint density at radius 3 is 2.56 bits per heavy atom. The Labute approximate surface area is 180 Å². The third-order valence-electron chi connectivity index (χ3n) is 3.69. The number of rotatable bonds is 7. The van der Waals surface area contributed by atoms with Crippen LogP contribution in [0.15, 0.2) is 30.3 Å². The van der Waals surface area contributed by atoms with Gasteiger partial charge < -0.3 is 10.4 Å². The molecule has 0 saturated carbocycles. The van der Waals surface area contributed by atoms with Crippen molar-refractivity contribution >= 4 is 63.1 Å². The lowest BCUT2D eigenvalue weighted by Gasteiger charge is -2.16. The molecular formula is C18H18Cl2FIN2O3. The van der Waals surface area contributed by atoms with Crippen molar-refractivity contribution in [2.75, 3.05) is 11.9 Å². The predicted octanol–water partition coefficient (Wildman–Crippen LogP) is 5.16. The number of anilines is 2. The fourth-order valence-corrected chi connectivity index (χ4v) is 3.08. The molecule has 2 aromatic rings. The molecular weight excluding hydrogens is 509 g/mol. The van der Waals surface area contributed by atoms with E-state index < -0.39 is 17.8 Å². The summed E-state index contributed by atoms with van der Waals surface area (Å²) in [5, 5.41) is 12.9. The molecule has 9 heteroatoms. The summed E-state index contributed by atoms with van der Waals surface area (Å²) in [5.41, 5.74) is 2.97. The van der Waals surface area contributed by atoms with Gasteiger partial charge in [-0.1, -0.05) is 37.0 Å². The van der Waals surface area contributed by atoms with Gasteiger partial charge in [-0.15, -0.1) is 0 Å². The van der Waals surface area contributed by atoms with Crippen LogP contribution >= 0.6 is 45.8 Å². The maximum absolute atomic E-state index is 13.9. The fraction of sp³-hybridized carbons (Fsp3) is 0.278. The smallest absolute Gasteiger partial charge is 0.277 e. The van der Waals surface area contributed by atoms with Gasteiger partial charge in [-0.2, -0.15) is 0 Å². The quantitative estimate of drug-likeness (QED) is 0.344. The molecule has 0 bridgehead atoms. The zero-order chi connectivity index (χ0) is 20.1. The largest absolute Gasteiger partial charge is 0.390 e. The molecule has 2 rings (SSSR count). The Morgan fingerprint density at radius 1 is 1.22 bits per heavy atom. The van der Waals surface area contributed by atoms with Gasteiger partial charge in [0.15, 0.2) is 0 Å². The highest BCUT2D eigenvalue weighted by atomic mass is 127. The molecule has 146 valence electrons. The Morgan fingerprint density at radius 2 is 1.93 bits per heavy atom. The van der Waals surface area contributed by atoms with Crippen LogP contribution in [0.2, 0.25) is 10.0 Å². The lowest BCUT2D eigenvalue weighted by Crippen LogP contribution is -2.31. The highest BCUT2D eigenvalue weighted by molar-refractivity contribution is 14.1. The number of benzene rings is 2.